The first-order valence-electron chi connectivity index (χ1n) is 8.30. The van der Waals surface area contributed by atoms with Crippen molar-refractivity contribution in [2.45, 2.75) is 33.4 Å². The SMILES string of the molecule is Cc1ccc(OC[C@H](O)Cn2c(C)nc3ccccc3c2=O)c(C)c1. The topological polar surface area (TPSA) is 64.3 Å². The van der Waals surface area contributed by atoms with E-state index in [-0.39, 0.29) is 18.7 Å². The molecule has 0 bridgehead atoms. The minimum Gasteiger partial charge on any atom is -0.491 e. The summed E-state index contributed by atoms with van der Waals surface area (Å²) in [5.41, 5.74) is 2.71. The number of aromatic nitrogens is 2. The minimum absolute atomic E-state index is 0.114. The number of hydrogen-bond donors (Lipinski definition) is 1. The first-order chi connectivity index (χ1) is 12.0. The zero-order valence-electron chi connectivity index (χ0n) is 14.7. The highest BCUT2D eigenvalue weighted by Gasteiger charge is 2.13. The van der Waals surface area contributed by atoms with Crippen molar-refractivity contribution >= 4 is 10.9 Å². The van der Waals surface area contributed by atoms with E-state index in [1.165, 1.54) is 4.57 Å². The lowest BCUT2D eigenvalue weighted by molar-refractivity contribution is 0.0906. The lowest BCUT2D eigenvalue weighted by Gasteiger charge is -2.17. The maximum Gasteiger partial charge on any atom is 0.261 e. The van der Waals surface area contributed by atoms with Gasteiger partial charge in [0, 0.05) is 0 Å². The van der Waals surface area contributed by atoms with Crippen LogP contribution in [0.5, 0.6) is 5.75 Å². The van der Waals surface area contributed by atoms with E-state index in [0.29, 0.717) is 16.7 Å². The molecule has 1 aromatic heterocycles. The molecule has 0 saturated carbocycles. The normalized spacial score (nSPS) is 12.3. The van der Waals surface area contributed by atoms with Crippen LogP contribution in [0.3, 0.4) is 0 Å². The van der Waals surface area contributed by atoms with Crippen molar-refractivity contribution < 1.29 is 9.84 Å². The Kier molecular flexibility index (Phi) is 4.86. The third-order valence-electron chi connectivity index (χ3n) is 4.21. The number of benzene rings is 2. The lowest BCUT2D eigenvalue weighted by Crippen LogP contribution is -2.32. The Labute approximate surface area is 146 Å². The van der Waals surface area contributed by atoms with Crippen molar-refractivity contribution in [2.24, 2.45) is 0 Å². The fraction of sp³-hybridized carbons (Fsp3) is 0.300. The number of hydrogen-bond acceptors (Lipinski definition) is 4. The van der Waals surface area contributed by atoms with E-state index < -0.39 is 6.10 Å². The van der Waals surface area contributed by atoms with Crippen molar-refractivity contribution in [1.29, 1.82) is 0 Å². The number of rotatable bonds is 5. The zero-order chi connectivity index (χ0) is 18.0. The Hall–Kier alpha value is -2.66. The summed E-state index contributed by atoms with van der Waals surface area (Å²) in [6.07, 6.45) is -0.805. The molecular weight excluding hydrogens is 316 g/mol. The van der Waals surface area contributed by atoms with E-state index in [0.717, 1.165) is 16.9 Å². The van der Waals surface area contributed by atoms with Gasteiger partial charge in [0.2, 0.25) is 0 Å². The van der Waals surface area contributed by atoms with Crippen LogP contribution in [-0.4, -0.2) is 27.4 Å². The average molecular weight is 338 g/mol. The summed E-state index contributed by atoms with van der Waals surface area (Å²) in [5, 5.41) is 10.9. The van der Waals surface area contributed by atoms with Gasteiger partial charge in [-0.25, -0.2) is 4.98 Å². The second kappa shape index (κ2) is 7.07. The standard InChI is InChI=1S/C20H22N2O3/c1-13-8-9-19(14(2)10-13)25-12-16(23)11-22-15(3)21-18-7-5-4-6-17(18)20(22)24/h4-10,16,23H,11-12H2,1-3H3/t16-/m1/s1. The molecule has 0 spiro atoms. The molecule has 0 aliphatic heterocycles. The van der Waals surface area contributed by atoms with E-state index in [9.17, 15) is 9.90 Å². The smallest absolute Gasteiger partial charge is 0.261 e. The van der Waals surface area contributed by atoms with E-state index >= 15 is 0 Å². The summed E-state index contributed by atoms with van der Waals surface area (Å²) < 4.78 is 7.21. The molecule has 0 radical (unpaired) electrons. The Bertz CT molecular complexity index is 963. The average Bonchev–Trinajstić information content (AvgIpc) is 2.58. The summed E-state index contributed by atoms with van der Waals surface area (Å²) in [6.45, 7) is 6.02. The van der Waals surface area contributed by atoms with Crippen molar-refractivity contribution in [3.63, 3.8) is 0 Å². The number of nitrogens with zero attached hydrogens (tertiary/aromatic N) is 2. The molecule has 1 atom stereocenters. The second-order valence-electron chi connectivity index (χ2n) is 6.33. The molecule has 0 unspecified atom stereocenters. The highest BCUT2D eigenvalue weighted by molar-refractivity contribution is 5.77. The van der Waals surface area contributed by atoms with Crippen LogP contribution in [0.15, 0.2) is 47.3 Å². The number of aliphatic hydroxyl groups excluding tert-OH is 1. The van der Waals surface area contributed by atoms with Gasteiger partial charge < -0.3 is 9.84 Å². The Morgan fingerprint density at radius 1 is 1.16 bits per heavy atom. The van der Waals surface area contributed by atoms with Crippen LogP contribution in [0.2, 0.25) is 0 Å². The van der Waals surface area contributed by atoms with Gasteiger partial charge in [-0.1, -0.05) is 29.8 Å². The van der Waals surface area contributed by atoms with Crippen LogP contribution >= 0.6 is 0 Å². The van der Waals surface area contributed by atoms with Gasteiger partial charge in [-0.15, -0.1) is 0 Å². The fourth-order valence-electron chi connectivity index (χ4n) is 2.90. The summed E-state index contributed by atoms with van der Waals surface area (Å²) in [7, 11) is 0. The lowest BCUT2D eigenvalue weighted by atomic mass is 10.1. The predicted molar refractivity (Wildman–Crippen MR) is 98.2 cm³/mol. The first kappa shape index (κ1) is 17.2. The molecule has 0 saturated heterocycles. The molecule has 0 amide bonds. The van der Waals surface area contributed by atoms with Crippen LogP contribution in [0.4, 0.5) is 0 Å². The molecule has 3 rings (SSSR count). The molecule has 5 nitrogen and oxygen atoms in total. The molecule has 130 valence electrons. The maximum atomic E-state index is 12.6. The van der Waals surface area contributed by atoms with Crippen LogP contribution in [0, 0.1) is 20.8 Å². The highest BCUT2D eigenvalue weighted by atomic mass is 16.5. The van der Waals surface area contributed by atoms with Crippen LogP contribution < -0.4 is 10.3 Å². The van der Waals surface area contributed by atoms with Crippen molar-refractivity contribution in [3.05, 3.63) is 69.8 Å². The molecule has 0 aliphatic carbocycles. The molecule has 3 aromatic rings. The van der Waals surface area contributed by atoms with Gasteiger partial charge in [-0.05, 0) is 44.5 Å². The van der Waals surface area contributed by atoms with Crippen molar-refractivity contribution in [2.75, 3.05) is 6.61 Å². The summed E-state index contributed by atoms with van der Waals surface area (Å²) in [6, 6.07) is 13.1. The van der Waals surface area contributed by atoms with Gasteiger partial charge in [-0.3, -0.25) is 9.36 Å². The number of ether oxygens (including phenoxy) is 1. The first-order valence-corrected chi connectivity index (χ1v) is 8.30. The van der Waals surface area contributed by atoms with Crippen LogP contribution in [0.1, 0.15) is 17.0 Å². The summed E-state index contributed by atoms with van der Waals surface area (Å²) in [5.74, 6) is 1.32. The van der Waals surface area contributed by atoms with Gasteiger partial charge in [0.1, 0.15) is 24.3 Å². The quantitative estimate of drug-likeness (QED) is 0.777. The molecular formula is C20H22N2O3. The molecule has 1 N–H and O–H groups in total. The molecule has 0 fully saturated rings. The van der Waals surface area contributed by atoms with Crippen LogP contribution in [0.25, 0.3) is 10.9 Å². The van der Waals surface area contributed by atoms with Crippen molar-refractivity contribution in [3.8, 4) is 5.75 Å². The third-order valence-corrected chi connectivity index (χ3v) is 4.21. The van der Waals surface area contributed by atoms with Crippen molar-refractivity contribution in [1.82, 2.24) is 9.55 Å². The molecule has 25 heavy (non-hydrogen) atoms. The largest absolute Gasteiger partial charge is 0.491 e. The molecule has 5 heteroatoms. The third kappa shape index (κ3) is 3.72. The van der Waals surface area contributed by atoms with Gasteiger partial charge in [-0.2, -0.15) is 0 Å². The Morgan fingerprint density at radius 3 is 2.68 bits per heavy atom. The Morgan fingerprint density at radius 2 is 1.92 bits per heavy atom. The minimum atomic E-state index is -0.805. The summed E-state index contributed by atoms with van der Waals surface area (Å²) in [4.78, 5) is 17.1. The van der Waals surface area contributed by atoms with Crippen LogP contribution in [-0.2, 0) is 6.54 Å². The number of aliphatic hydroxyl groups is 1. The van der Waals surface area contributed by atoms with Gasteiger partial charge in [0.25, 0.3) is 5.56 Å². The van der Waals surface area contributed by atoms with Gasteiger partial charge in [0.15, 0.2) is 0 Å². The second-order valence-corrected chi connectivity index (χ2v) is 6.33. The fourth-order valence-corrected chi connectivity index (χ4v) is 2.90. The van der Waals surface area contributed by atoms with E-state index in [1.54, 1.807) is 13.0 Å². The van der Waals surface area contributed by atoms with Gasteiger partial charge in [0.05, 0.1) is 17.4 Å². The molecule has 2 aromatic carbocycles. The highest BCUT2D eigenvalue weighted by Crippen LogP contribution is 2.19. The van der Waals surface area contributed by atoms with E-state index in [1.807, 2.05) is 50.2 Å². The number of fused-ring (bicyclic) bond motifs is 1. The van der Waals surface area contributed by atoms with Gasteiger partial charge >= 0.3 is 0 Å². The Balaban J connectivity index is 1.76. The summed E-state index contributed by atoms with van der Waals surface area (Å²) >= 11 is 0. The molecule has 1 heterocycles. The number of aryl methyl sites for hydroxylation is 3. The molecule has 0 aliphatic rings. The van der Waals surface area contributed by atoms with E-state index in [2.05, 4.69) is 4.98 Å². The maximum absolute atomic E-state index is 12.6. The predicted octanol–water partition coefficient (Wildman–Crippen LogP) is 2.76. The monoisotopic (exact) mass is 338 g/mol. The zero-order valence-corrected chi connectivity index (χ0v) is 14.7. The van der Waals surface area contributed by atoms with E-state index in [4.69, 9.17) is 4.74 Å². The number of para-hydroxylation sites is 1.